The molecular weight excluding hydrogens is 225 g/mol. The van der Waals surface area contributed by atoms with Gasteiger partial charge in [0.1, 0.15) is 0 Å². The fourth-order valence-corrected chi connectivity index (χ4v) is 7.32. The summed E-state index contributed by atoms with van der Waals surface area (Å²) in [4.78, 5) is 4.66. The van der Waals surface area contributed by atoms with Gasteiger partial charge < -0.3 is 0 Å². The van der Waals surface area contributed by atoms with Crippen LogP contribution < -0.4 is 5.44 Å². The van der Waals surface area contributed by atoms with Crippen molar-refractivity contribution in [1.82, 2.24) is 4.98 Å². The van der Waals surface area contributed by atoms with E-state index in [2.05, 4.69) is 44.8 Å². The molecule has 1 nitrogen and oxygen atoms in total. The second kappa shape index (κ2) is 4.69. The Morgan fingerprint density at radius 3 is 2.06 bits per heavy atom. The molecule has 0 unspecified atom stereocenters. The number of aromatic nitrogens is 1. The molecule has 2 heterocycles. The van der Waals surface area contributed by atoms with E-state index < -0.39 is 0 Å². The van der Waals surface area contributed by atoms with Crippen molar-refractivity contribution in [2.45, 2.75) is 63.7 Å². The Hall–Kier alpha value is -0.420. The predicted octanol–water partition coefficient (Wildman–Crippen LogP) is 4.32. The summed E-state index contributed by atoms with van der Waals surface area (Å²) < 4.78 is 0. The van der Waals surface area contributed by atoms with Gasteiger partial charge in [0.05, 0.1) is 5.44 Å². The minimum Gasteiger partial charge on any atom is -0.257 e. The van der Waals surface area contributed by atoms with E-state index in [-0.39, 0.29) is 7.92 Å². The lowest BCUT2D eigenvalue weighted by Crippen LogP contribution is -2.34. The second-order valence-electron chi connectivity index (χ2n) is 6.36. The maximum atomic E-state index is 4.66. The normalized spacial score (nSPS) is 24.2. The van der Waals surface area contributed by atoms with Crippen LogP contribution in [0, 0.1) is 0 Å². The maximum Gasteiger partial charge on any atom is 0.0641 e. The van der Waals surface area contributed by atoms with Crippen molar-refractivity contribution in [2.75, 3.05) is 0 Å². The first-order valence-electron chi connectivity index (χ1n) is 6.65. The van der Waals surface area contributed by atoms with Gasteiger partial charge in [-0.05, 0) is 43.2 Å². The fourth-order valence-electron chi connectivity index (χ4n) is 3.26. The van der Waals surface area contributed by atoms with Gasteiger partial charge in [-0.1, -0.05) is 46.6 Å². The van der Waals surface area contributed by atoms with Crippen LogP contribution in [-0.2, 0) is 0 Å². The van der Waals surface area contributed by atoms with Gasteiger partial charge in [0.2, 0.25) is 0 Å². The highest BCUT2D eigenvalue weighted by Gasteiger charge is 2.43. The fraction of sp³-hybridized carbons (Fsp3) is 0.667. The lowest BCUT2D eigenvalue weighted by molar-refractivity contribution is 0.563. The number of pyridine rings is 1. The van der Waals surface area contributed by atoms with Crippen LogP contribution in [0.4, 0.5) is 0 Å². The summed E-state index contributed by atoms with van der Waals surface area (Å²) in [5.74, 6) is 0. The Kier molecular flexibility index (Phi) is 3.59. The van der Waals surface area contributed by atoms with Crippen molar-refractivity contribution in [3.63, 3.8) is 0 Å². The first-order chi connectivity index (χ1) is 7.93. The average molecular weight is 249 g/mol. The van der Waals surface area contributed by atoms with Crippen LogP contribution >= 0.6 is 7.92 Å². The molecule has 94 valence electrons. The van der Waals surface area contributed by atoms with E-state index >= 15 is 0 Å². The van der Waals surface area contributed by atoms with E-state index in [1.807, 2.05) is 12.3 Å². The van der Waals surface area contributed by atoms with E-state index in [0.717, 1.165) is 0 Å². The van der Waals surface area contributed by atoms with Crippen LogP contribution in [0.3, 0.4) is 0 Å². The van der Waals surface area contributed by atoms with Crippen molar-refractivity contribution < 1.29 is 0 Å². The summed E-state index contributed by atoms with van der Waals surface area (Å²) in [6.45, 7) is 9.78. The smallest absolute Gasteiger partial charge is 0.0641 e. The zero-order chi connectivity index (χ0) is 12.5. The molecule has 2 rings (SSSR count). The molecule has 0 saturated carbocycles. The van der Waals surface area contributed by atoms with Crippen LogP contribution in [0.1, 0.15) is 53.4 Å². The van der Waals surface area contributed by atoms with Gasteiger partial charge in [0, 0.05) is 6.20 Å². The largest absolute Gasteiger partial charge is 0.257 e. The summed E-state index contributed by atoms with van der Waals surface area (Å²) in [5.41, 5.74) is 1.35. The molecule has 17 heavy (non-hydrogen) atoms. The molecule has 2 heteroatoms. The molecule has 0 radical (unpaired) electrons. The van der Waals surface area contributed by atoms with Crippen molar-refractivity contribution in [1.29, 1.82) is 0 Å². The first-order valence-corrected chi connectivity index (χ1v) is 7.99. The minimum atomic E-state index is -0.191. The SMILES string of the molecule is CC1(C)CCCCC(C)(C)P1c1ccccn1. The van der Waals surface area contributed by atoms with Gasteiger partial charge in [-0.15, -0.1) is 0 Å². The Balaban J connectivity index is 2.44. The van der Waals surface area contributed by atoms with Gasteiger partial charge >= 0.3 is 0 Å². The predicted molar refractivity (Wildman–Crippen MR) is 77.4 cm³/mol. The summed E-state index contributed by atoms with van der Waals surface area (Å²) >= 11 is 0. The third kappa shape index (κ3) is 2.71. The number of hydrogen-bond acceptors (Lipinski definition) is 1. The Morgan fingerprint density at radius 2 is 1.59 bits per heavy atom. The van der Waals surface area contributed by atoms with Crippen molar-refractivity contribution >= 4 is 13.4 Å². The zero-order valence-electron chi connectivity index (χ0n) is 11.5. The highest BCUT2D eigenvalue weighted by atomic mass is 31.1. The van der Waals surface area contributed by atoms with Crippen LogP contribution in [0.15, 0.2) is 24.4 Å². The molecule has 0 spiro atoms. The van der Waals surface area contributed by atoms with Crippen molar-refractivity contribution in [2.24, 2.45) is 0 Å². The zero-order valence-corrected chi connectivity index (χ0v) is 12.4. The van der Waals surface area contributed by atoms with Gasteiger partial charge in [0.15, 0.2) is 0 Å². The quantitative estimate of drug-likeness (QED) is 0.675. The Bertz CT molecular complexity index is 352. The van der Waals surface area contributed by atoms with E-state index in [9.17, 15) is 0 Å². The summed E-state index contributed by atoms with van der Waals surface area (Å²) in [6, 6.07) is 6.40. The van der Waals surface area contributed by atoms with Crippen molar-refractivity contribution in [3.05, 3.63) is 24.4 Å². The minimum absolute atomic E-state index is 0.191. The highest BCUT2D eigenvalue weighted by molar-refractivity contribution is 7.68. The lowest BCUT2D eigenvalue weighted by Gasteiger charge is -2.43. The van der Waals surface area contributed by atoms with Gasteiger partial charge in [-0.2, -0.15) is 0 Å². The van der Waals surface area contributed by atoms with Crippen LogP contribution in [0.25, 0.3) is 0 Å². The molecule has 1 aliphatic rings. The van der Waals surface area contributed by atoms with Gasteiger partial charge in [-0.3, -0.25) is 4.98 Å². The molecule has 0 aliphatic carbocycles. The molecule has 0 atom stereocenters. The van der Waals surface area contributed by atoms with Crippen LogP contribution in [0.5, 0.6) is 0 Å². The molecule has 0 N–H and O–H groups in total. The third-order valence-electron chi connectivity index (χ3n) is 3.92. The lowest BCUT2D eigenvalue weighted by atomic mass is 10.0. The number of nitrogens with zero attached hydrogens (tertiary/aromatic N) is 1. The second-order valence-corrected chi connectivity index (χ2v) is 9.91. The Labute approximate surface area is 107 Å². The number of hydrogen-bond donors (Lipinski definition) is 0. The molecule has 1 fully saturated rings. The Morgan fingerprint density at radius 1 is 1.00 bits per heavy atom. The van der Waals surface area contributed by atoms with Crippen LogP contribution in [-0.4, -0.2) is 15.3 Å². The molecule has 1 saturated heterocycles. The van der Waals surface area contributed by atoms with Crippen molar-refractivity contribution in [3.8, 4) is 0 Å². The summed E-state index contributed by atoms with van der Waals surface area (Å²) in [6.07, 6.45) is 7.40. The summed E-state index contributed by atoms with van der Waals surface area (Å²) in [5, 5.41) is 0.841. The topological polar surface area (TPSA) is 12.9 Å². The first kappa shape index (κ1) is 13.0. The molecule has 1 aromatic rings. The van der Waals surface area contributed by atoms with E-state index in [1.165, 1.54) is 31.1 Å². The molecule has 0 amide bonds. The third-order valence-corrected chi connectivity index (χ3v) is 7.51. The van der Waals surface area contributed by atoms with E-state index in [1.54, 1.807) is 0 Å². The van der Waals surface area contributed by atoms with E-state index in [0.29, 0.717) is 10.3 Å². The molecule has 0 bridgehead atoms. The van der Waals surface area contributed by atoms with E-state index in [4.69, 9.17) is 0 Å². The van der Waals surface area contributed by atoms with Gasteiger partial charge in [0.25, 0.3) is 0 Å². The molecular formula is C15H24NP. The average Bonchev–Trinajstić information content (AvgIpc) is 2.35. The molecule has 1 aromatic heterocycles. The number of rotatable bonds is 1. The van der Waals surface area contributed by atoms with Gasteiger partial charge in [-0.25, -0.2) is 0 Å². The molecule has 1 aliphatic heterocycles. The van der Waals surface area contributed by atoms with Crippen LogP contribution in [0.2, 0.25) is 0 Å². The monoisotopic (exact) mass is 249 g/mol. The highest BCUT2D eigenvalue weighted by Crippen LogP contribution is 2.63. The molecule has 0 aromatic carbocycles. The standard InChI is InChI=1S/C15H24NP/c1-14(2)10-6-7-11-15(3,4)17(14)13-9-5-8-12-16-13/h5,8-9,12H,6-7,10-11H2,1-4H3. The summed E-state index contributed by atoms with van der Waals surface area (Å²) in [7, 11) is -0.191. The maximum absolute atomic E-state index is 4.66.